The van der Waals surface area contributed by atoms with Gasteiger partial charge in [-0.05, 0) is 56.3 Å². The quantitative estimate of drug-likeness (QED) is 0.743. The molecule has 1 aromatic carbocycles. The minimum absolute atomic E-state index is 0.209. The van der Waals surface area contributed by atoms with Gasteiger partial charge < -0.3 is 0 Å². The molecule has 1 unspecified atom stereocenters. The van der Waals surface area contributed by atoms with Gasteiger partial charge in [0.2, 0.25) is 0 Å². The normalized spacial score (nSPS) is 18.8. The second kappa shape index (κ2) is 5.74. The molecule has 0 saturated carbocycles. The molecule has 1 fully saturated rings. The first-order chi connectivity index (χ1) is 11.2. The van der Waals surface area contributed by atoms with Gasteiger partial charge in [-0.25, -0.2) is 14.4 Å². The molecule has 5 heteroatoms. The topological polar surface area (TPSA) is 34.0 Å². The lowest BCUT2D eigenvalue weighted by Gasteiger charge is -2.23. The van der Waals surface area contributed by atoms with E-state index >= 15 is 0 Å². The van der Waals surface area contributed by atoms with Gasteiger partial charge in [0.15, 0.2) is 5.65 Å². The minimum atomic E-state index is -0.209. The maximum Gasteiger partial charge on any atom is 0.161 e. The second-order valence-corrected chi connectivity index (χ2v) is 6.15. The Labute approximate surface area is 134 Å². The monoisotopic (exact) mass is 310 g/mol. The molecule has 1 atom stereocenters. The lowest BCUT2D eigenvalue weighted by Crippen LogP contribution is -2.25. The molecule has 4 nitrogen and oxygen atoms in total. The van der Waals surface area contributed by atoms with Gasteiger partial charge >= 0.3 is 0 Å². The molecule has 118 valence electrons. The molecule has 0 amide bonds. The number of fused-ring (bicyclic) bond motifs is 1. The molecule has 0 aliphatic carbocycles. The third kappa shape index (κ3) is 2.61. The Morgan fingerprint density at radius 1 is 1.22 bits per heavy atom. The smallest absolute Gasteiger partial charge is 0.161 e. The van der Waals surface area contributed by atoms with Crippen molar-refractivity contribution in [2.24, 2.45) is 0 Å². The van der Waals surface area contributed by atoms with Gasteiger partial charge in [0, 0.05) is 12.6 Å². The number of rotatable bonds is 3. The van der Waals surface area contributed by atoms with Gasteiger partial charge in [-0.1, -0.05) is 12.1 Å². The third-order valence-corrected chi connectivity index (χ3v) is 4.58. The number of halogens is 1. The summed E-state index contributed by atoms with van der Waals surface area (Å²) in [5.74, 6) is 0.781. The standard InChI is InChI=1S/C18H19FN4/c1-22-11-3-5-17(22)23-16(12-13-6-8-14(19)9-7-13)21-15-4-2-10-20-18(15)23/h2,4,6-10,17H,3,5,11-12H2,1H3. The van der Waals surface area contributed by atoms with Crippen molar-refractivity contribution in [2.75, 3.05) is 13.6 Å². The van der Waals surface area contributed by atoms with Crippen LogP contribution in [0.1, 0.15) is 30.4 Å². The molecule has 1 aliphatic rings. The molecule has 3 aromatic rings. The van der Waals surface area contributed by atoms with Crippen LogP contribution in [0.25, 0.3) is 11.2 Å². The van der Waals surface area contributed by atoms with E-state index in [0.717, 1.165) is 35.5 Å². The molecule has 23 heavy (non-hydrogen) atoms. The lowest BCUT2D eigenvalue weighted by molar-refractivity contribution is 0.238. The van der Waals surface area contributed by atoms with Crippen LogP contribution in [0.3, 0.4) is 0 Å². The summed E-state index contributed by atoms with van der Waals surface area (Å²) in [6, 6.07) is 10.6. The first kappa shape index (κ1) is 14.3. The van der Waals surface area contributed by atoms with Crippen molar-refractivity contribution in [3.05, 3.63) is 59.8 Å². The number of imidazole rings is 1. The van der Waals surface area contributed by atoms with E-state index in [9.17, 15) is 4.39 Å². The Kier molecular flexibility index (Phi) is 3.58. The summed E-state index contributed by atoms with van der Waals surface area (Å²) >= 11 is 0. The Morgan fingerprint density at radius 2 is 2.04 bits per heavy atom. The third-order valence-electron chi connectivity index (χ3n) is 4.58. The average molecular weight is 310 g/mol. The molecule has 0 N–H and O–H groups in total. The summed E-state index contributed by atoms with van der Waals surface area (Å²) < 4.78 is 15.4. The maximum atomic E-state index is 13.1. The number of hydrogen-bond acceptors (Lipinski definition) is 3. The van der Waals surface area contributed by atoms with E-state index in [-0.39, 0.29) is 5.82 Å². The van der Waals surface area contributed by atoms with E-state index in [2.05, 4.69) is 21.5 Å². The molecule has 3 heterocycles. The van der Waals surface area contributed by atoms with Crippen LogP contribution in [0.5, 0.6) is 0 Å². The lowest BCUT2D eigenvalue weighted by atomic mass is 10.1. The second-order valence-electron chi connectivity index (χ2n) is 6.15. The number of pyridine rings is 1. The fraction of sp³-hybridized carbons (Fsp3) is 0.333. The van der Waals surface area contributed by atoms with Crippen LogP contribution < -0.4 is 0 Å². The molecule has 1 aliphatic heterocycles. The van der Waals surface area contributed by atoms with E-state index in [1.807, 2.05) is 30.5 Å². The van der Waals surface area contributed by atoms with Crippen LogP contribution in [-0.4, -0.2) is 33.0 Å². The highest BCUT2D eigenvalue weighted by molar-refractivity contribution is 5.71. The highest BCUT2D eigenvalue weighted by Gasteiger charge is 2.27. The van der Waals surface area contributed by atoms with Crippen LogP contribution in [0.4, 0.5) is 4.39 Å². The molecule has 1 saturated heterocycles. The molecular formula is C18H19FN4. The summed E-state index contributed by atoms with van der Waals surface area (Å²) in [4.78, 5) is 11.7. The number of aromatic nitrogens is 3. The van der Waals surface area contributed by atoms with Crippen molar-refractivity contribution < 1.29 is 4.39 Å². The van der Waals surface area contributed by atoms with Crippen molar-refractivity contribution in [2.45, 2.75) is 25.4 Å². The van der Waals surface area contributed by atoms with Crippen LogP contribution in [0.2, 0.25) is 0 Å². The van der Waals surface area contributed by atoms with Gasteiger partial charge in [-0.2, -0.15) is 0 Å². The Morgan fingerprint density at radius 3 is 2.78 bits per heavy atom. The number of nitrogens with zero attached hydrogens (tertiary/aromatic N) is 4. The molecule has 4 rings (SSSR count). The first-order valence-electron chi connectivity index (χ1n) is 7.99. The van der Waals surface area contributed by atoms with Crippen LogP contribution in [0.15, 0.2) is 42.6 Å². The zero-order valence-corrected chi connectivity index (χ0v) is 13.1. The van der Waals surface area contributed by atoms with Crippen LogP contribution in [-0.2, 0) is 6.42 Å². The van der Waals surface area contributed by atoms with Gasteiger partial charge in [0.05, 0.1) is 6.17 Å². The first-order valence-corrected chi connectivity index (χ1v) is 7.99. The molecule has 0 radical (unpaired) electrons. The van der Waals surface area contributed by atoms with Crippen molar-refractivity contribution in [3.8, 4) is 0 Å². The Balaban J connectivity index is 1.80. The summed E-state index contributed by atoms with van der Waals surface area (Å²) in [6.45, 7) is 1.09. The zero-order chi connectivity index (χ0) is 15.8. The molecular weight excluding hydrogens is 291 g/mol. The fourth-order valence-corrected chi connectivity index (χ4v) is 3.42. The van der Waals surface area contributed by atoms with Crippen molar-refractivity contribution in [1.29, 1.82) is 0 Å². The average Bonchev–Trinajstić information content (AvgIpc) is 3.12. The van der Waals surface area contributed by atoms with Crippen LogP contribution >= 0.6 is 0 Å². The molecule has 2 aromatic heterocycles. The molecule has 0 spiro atoms. The van der Waals surface area contributed by atoms with Crippen molar-refractivity contribution in [1.82, 2.24) is 19.4 Å². The fourth-order valence-electron chi connectivity index (χ4n) is 3.42. The highest BCUT2D eigenvalue weighted by atomic mass is 19.1. The summed E-state index contributed by atoms with van der Waals surface area (Å²) in [5, 5.41) is 0. The van der Waals surface area contributed by atoms with Gasteiger partial charge in [-0.3, -0.25) is 9.47 Å². The number of benzene rings is 1. The van der Waals surface area contributed by atoms with Crippen LogP contribution in [0, 0.1) is 5.82 Å². The maximum absolute atomic E-state index is 13.1. The van der Waals surface area contributed by atoms with E-state index in [1.54, 1.807) is 0 Å². The van der Waals surface area contributed by atoms with E-state index in [1.165, 1.54) is 18.6 Å². The molecule has 0 bridgehead atoms. The van der Waals surface area contributed by atoms with E-state index in [4.69, 9.17) is 4.98 Å². The highest BCUT2D eigenvalue weighted by Crippen LogP contribution is 2.30. The van der Waals surface area contributed by atoms with E-state index in [0.29, 0.717) is 12.6 Å². The summed E-state index contributed by atoms with van der Waals surface area (Å²) in [5.41, 5.74) is 2.91. The Hall–Kier alpha value is -2.27. The summed E-state index contributed by atoms with van der Waals surface area (Å²) in [7, 11) is 2.15. The number of likely N-dealkylation sites (tertiary alicyclic amines) is 1. The van der Waals surface area contributed by atoms with Gasteiger partial charge in [0.1, 0.15) is 17.2 Å². The van der Waals surface area contributed by atoms with Gasteiger partial charge in [0.25, 0.3) is 0 Å². The number of hydrogen-bond donors (Lipinski definition) is 0. The predicted molar refractivity (Wildman–Crippen MR) is 87.6 cm³/mol. The predicted octanol–water partition coefficient (Wildman–Crippen LogP) is 3.39. The Bertz CT molecular complexity index is 825. The SMILES string of the molecule is CN1CCCC1n1c(Cc2ccc(F)cc2)nc2cccnc21. The van der Waals surface area contributed by atoms with Crippen molar-refractivity contribution in [3.63, 3.8) is 0 Å². The zero-order valence-electron chi connectivity index (χ0n) is 13.1. The minimum Gasteiger partial charge on any atom is -0.296 e. The summed E-state index contributed by atoms with van der Waals surface area (Å²) in [6.07, 6.45) is 5.09. The van der Waals surface area contributed by atoms with Gasteiger partial charge in [-0.15, -0.1) is 0 Å². The van der Waals surface area contributed by atoms with E-state index < -0.39 is 0 Å². The largest absolute Gasteiger partial charge is 0.296 e. The van der Waals surface area contributed by atoms with Crippen molar-refractivity contribution >= 4 is 11.2 Å².